The van der Waals surface area contributed by atoms with Crippen molar-refractivity contribution in [3.05, 3.63) is 0 Å². The van der Waals surface area contributed by atoms with Crippen molar-refractivity contribution in [1.29, 1.82) is 0 Å². The van der Waals surface area contributed by atoms with Gasteiger partial charge < -0.3 is 14.9 Å². The molecule has 0 spiro atoms. The van der Waals surface area contributed by atoms with E-state index in [1.165, 1.54) is 0 Å². The Hall–Kier alpha value is -0.650. The van der Waals surface area contributed by atoms with Crippen LogP contribution < -0.4 is 5.32 Å². The third-order valence-corrected chi connectivity index (χ3v) is 1.28. The van der Waals surface area contributed by atoms with Crippen LogP contribution in [0.3, 0.4) is 0 Å². The van der Waals surface area contributed by atoms with Gasteiger partial charge in [0.05, 0.1) is 32.4 Å². The predicted molar refractivity (Wildman–Crippen MR) is 42.6 cm³/mol. The fraction of sp³-hybridized carbons (Fsp3) is 0.857. The van der Waals surface area contributed by atoms with Gasteiger partial charge in [0.1, 0.15) is 0 Å². The van der Waals surface area contributed by atoms with Gasteiger partial charge in [-0.1, -0.05) is 0 Å². The quantitative estimate of drug-likeness (QED) is 0.430. The van der Waals surface area contributed by atoms with Gasteiger partial charge in [0.25, 0.3) is 0 Å². The molecule has 0 aromatic rings. The zero-order valence-corrected chi connectivity index (χ0v) is 7.12. The molecule has 0 heterocycles. The molecule has 0 aliphatic carbocycles. The minimum Gasteiger partial charge on any atom is -0.465 e. The molecule has 0 bridgehead atoms. The molecule has 5 nitrogen and oxygen atoms in total. The second-order valence-electron chi connectivity index (χ2n) is 2.25. The third-order valence-electron chi connectivity index (χ3n) is 1.28. The van der Waals surface area contributed by atoms with E-state index in [-0.39, 0.29) is 25.7 Å². The van der Waals surface area contributed by atoms with E-state index in [2.05, 4.69) is 10.1 Å². The Kier molecular flexibility index (Phi) is 6.64. The first-order valence-electron chi connectivity index (χ1n) is 3.85. The van der Waals surface area contributed by atoms with Gasteiger partial charge in [0.15, 0.2) is 0 Å². The van der Waals surface area contributed by atoms with Crippen LogP contribution in [-0.2, 0) is 9.53 Å². The van der Waals surface area contributed by atoms with Crippen molar-refractivity contribution >= 4 is 5.97 Å². The summed E-state index contributed by atoms with van der Waals surface area (Å²) in [7, 11) is 0. The number of aliphatic hydroxyl groups is 2. The molecule has 0 amide bonds. The van der Waals surface area contributed by atoms with Gasteiger partial charge >= 0.3 is 5.97 Å². The Bertz CT molecular complexity index is 125. The van der Waals surface area contributed by atoms with Crippen LogP contribution in [0, 0.1) is 0 Å². The van der Waals surface area contributed by atoms with E-state index in [4.69, 9.17) is 10.2 Å². The SMILES string of the molecule is CCOC(=O)CNC(CO)CO. The van der Waals surface area contributed by atoms with Crippen LogP contribution in [0.25, 0.3) is 0 Å². The van der Waals surface area contributed by atoms with Crippen molar-refractivity contribution in [2.24, 2.45) is 0 Å². The second kappa shape index (κ2) is 7.02. The number of esters is 1. The minimum absolute atomic E-state index is 0.0135. The van der Waals surface area contributed by atoms with Crippen molar-refractivity contribution < 1.29 is 19.7 Å². The lowest BCUT2D eigenvalue weighted by Crippen LogP contribution is -2.39. The molecule has 0 aromatic heterocycles. The molecular formula is C7H15NO4. The van der Waals surface area contributed by atoms with E-state index >= 15 is 0 Å². The maximum atomic E-state index is 10.7. The monoisotopic (exact) mass is 177 g/mol. The van der Waals surface area contributed by atoms with Crippen molar-refractivity contribution in [3.8, 4) is 0 Å². The van der Waals surface area contributed by atoms with E-state index in [1.807, 2.05) is 0 Å². The van der Waals surface area contributed by atoms with Crippen molar-refractivity contribution in [1.82, 2.24) is 5.32 Å². The molecule has 0 saturated carbocycles. The maximum Gasteiger partial charge on any atom is 0.319 e. The molecule has 0 aromatic carbocycles. The average Bonchev–Trinajstić information content (AvgIpc) is 2.07. The van der Waals surface area contributed by atoms with Gasteiger partial charge in [-0.3, -0.25) is 10.1 Å². The number of carbonyl (C=O) groups excluding carboxylic acids is 1. The molecule has 0 unspecified atom stereocenters. The van der Waals surface area contributed by atoms with Gasteiger partial charge in [-0.05, 0) is 6.92 Å². The van der Waals surface area contributed by atoms with Crippen LogP contribution in [0.5, 0.6) is 0 Å². The molecule has 0 saturated heterocycles. The first kappa shape index (κ1) is 11.4. The Morgan fingerprint density at radius 3 is 2.50 bits per heavy atom. The van der Waals surface area contributed by atoms with Crippen molar-refractivity contribution in [2.45, 2.75) is 13.0 Å². The molecule has 0 atom stereocenters. The summed E-state index contributed by atoms with van der Waals surface area (Å²) in [5, 5.41) is 19.8. The van der Waals surface area contributed by atoms with E-state index < -0.39 is 6.04 Å². The lowest BCUT2D eigenvalue weighted by Gasteiger charge is -2.11. The van der Waals surface area contributed by atoms with E-state index in [0.717, 1.165) is 0 Å². The van der Waals surface area contributed by atoms with Crippen LogP contribution >= 0.6 is 0 Å². The minimum atomic E-state index is -0.450. The molecule has 0 aliphatic rings. The molecule has 3 N–H and O–H groups in total. The largest absolute Gasteiger partial charge is 0.465 e. The van der Waals surface area contributed by atoms with Crippen LogP contribution in [-0.4, -0.2) is 48.6 Å². The lowest BCUT2D eigenvalue weighted by atomic mass is 10.3. The lowest BCUT2D eigenvalue weighted by molar-refractivity contribution is -0.142. The number of hydrogen-bond acceptors (Lipinski definition) is 5. The van der Waals surface area contributed by atoms with Gasteiger partial charge in [0, 0.05) is 0 Å². The first-order valence-corrected chi connectivity index (χ1v) is 3.85. The number of nitrogens with one attached hydrogen (secondary N) is 1. The van der Waals surface area contributed by atoms with Crippen LogP contribution in [0.4, 0.5) is 0 Å². The molecule has 12 heavy (non-hydrogen) atoms. The number of carbonyl (C=O) groups is 1. The summed E-state index contributed by atoms with van der Waals surface area (Å²) in [4.78, 5) is 10.7. The van der Waals surface area contributed by atoms with E-state index in [1.54, 1.807) is 6.92 Å². The topological polar surface area (TPSA) is 78.8 Å². The highest BCUT2D eigenvalue weighted by molar-refractivity contribution is 5.71. The van der Waals surface area contributed by atoms with Crippen LogP contribution in [0.2, 0.25) is 0 Å². The molecule has 5 heteroatoms. The molecule has 0 radical (unpaired) electrons. The summed E-state index contributed by atoms with van der Waals surface area (Å²) in [5.41, 5.74) is 0. The summed E-state index contributed by atoms with van der Waals surface area (Å²) >= 11 is 0. The van der Waals surface area contributed by atoms with Gasteiger partial charge in [-0.25, -0.2) is 0 Å². The normalized spacial score (nSPS) is 10.3. The Morgan fingerprint density at radius 1 is 1.50 bits per heavy atom. The average molecular weight is 177 g/mol. The third kappa shape index (κ3) is 5.06. The molecule has 0 aliphatic heterocycles. The maximum absolute atomic E-state index is 10.7. The van der Waals surface area contributed by atoms with Crippen molar-refractivity contribution in [2.75, 3.05) is 26.4 Å². The molecular weight excluding hydrogens is 162 g/mol. The summed E-state index contributed by atoms with van der Waals surface area (Å²) < 4.78 is 4.62. The Balaban J connectivity index is 3.44. The summed E-state index contributed by atoms with van der Waals surface area (Å²) in [5.74, 6) is -0.385. The smallest absolute Gasteiger partial charge is 0.319 e. The standard InChI is InChI=1S/C7H15NO4/c1-2-12-7(11)3-8-6(4-9)5-10/h6,8-10H,2-5H2,1H3. The zero-order valence-electron chi connectivity index (χ0n) is 7.12. The summed E-state index contributed by atoms with van der Waals surface area (Å²) in [6.07, 6.45) is 0. The Morgan fingerprint density at radius 2 is 2.08 bits per heavy atom. The van der Waals surface area contributed by atoms with Gasteiger partial charge in [-0.2, -0.15) is 0 Å². The van der Waals surface area contributed by atoms with Gasteiger partial charge in [-0.15, -0.1) is 0 Å². The van der Waals surface area contributed by atoms with E-state index in [0.29, 0.717) is 6.61 Å². The molecule has 0 rings (SSSR count). The highest BCUT2D eigenvalue weighted by Crippen LogP contribution is 1.80. The highest BCUT2D eigenvalue weighted by atomic mass is 16.5. The number of aliphatic hydroxyl groups excluding tert-OH is 2. The number of ether oxygens (including phenoxy) is 1. The van der Waals surface area contributed by atoms with Crippen molar-refractivity contribution in [3.63, 3.8) is 0 Å². The first-order chi connectivity index (χ1) is 5.74. The highest BCUT2D eigenvalue weighted by Gasteiger charge is 2.07. The Labute approximate surface area is 71.3 Å². The van der Waals surface area contributed by atoms with Gasteiger partial charge in [0.2, 0.25) is 0 Å². The number of hydrogen-bond donors (Lipinski definition) is 3. The predicted octanol–water partition coefficient (Wildman–Crippen LogP) is -1.51. The zero-order chi connectivity index (χ0) is 9.40. The fourth-order valence-electron chi connectivity index (χ4n) is 0.627. The second-order valence-corrected chi connectivity index (χ2v) is 2.25. The van der Waals surface area contributed by atoms with Crippen LogP contribution in [0.15, 0.2) is 0 Å². The van der Waals surface area contributed by atoms with Crippen LogP contribution in [0.1, 0.15) is 6.92 Å². The fourth-order valence-corrected chi connectivity index (χ4v) is 0.627. The molecule has 72 valence electrons. The summed E-state index contributed by atoms with van der Waals surface area (Å²) in [6, 6.07) is -0.450. The van der Waals surface area contributed by atoms with E-state index in [9.17, 15) is 4.79 Å². The summed E-state index contributed by atoms with van der Waals surface area (Å²) in [6.45, 7) is 1.67. The number of rotatable bonds is 6. The molecule has 0 fully saturated rings.